The monoisotopic (exact) mass is 250 g/mol. The Morgan fingerprint density at radius 3 is 2.53 bits per heavy atom. The van der Waals surface area contributed by atoms with Crippen molar-refractivity contribution in [3.63, 3.8) is 0 Å². The number of ether oxygens (including phenoxy) is 1. The van der Waals surface area contributed by atoms with Crippen LogP contribution >= 0.6 is 0 Å². The maximum atomic E-state index is 11.9. The molecule has 0 atom stereocenters. The molecule has 0 aromatic heterocycles. The largest absolute Gasteiger partial charge is 0.573 e. The number of hydrogen-bond acceptors (Lipinski definition) is 3. The quantitative estimate of drug-likeness (QED) is 0.860. The predicted molar refractivity (Wildman–Crippen MR) is 50.7 cm³/mol. The van der Waals surface area contributed by atoms with E-state index in [4.69, 9.17) is 10.2 Å². The Morgan fingerprint density at radius 2 is 2.00 bits per heavy atom. The second kappa shape index (κ2) is 4.94. The number of aryl methyl sites for hydroxylation is 1. The van der Waals surface area contributed by atoms with Gasteiger partial charge in [-0.3, -0.25) is 4.79 Å². The lowest BCUT2D eigenvalue weighted by Crippen LogP contribution is -2.17. The molecule has 94 valence electrons. The minimum absolute atomic E-state index is 0.0594. The van der Waals surface area contributed by atoms with Crippen LogP contribution in [0, 0.1) is 0 Å². The van der Waals surface area contributed by atoms with E-state index in [-0.39, 0.29) is 12.8 Å². The fourth-order valence-electron chi connectivity index (χ4n) is 1.17. The molecule has 1 aromatic carbocycles. The molecule has 0 bridgehead atoms. The molecular formula is C10H9F3O4. The van der Waals surface area contributed by atoms with E-state index in [2.05, 4.69) is 4.74 Å². The fourth-order valence-corrected chi connectivity index (χ4v) is 1.17. The Labute approximate surface area is 94.3 Å². The van der Waals surface area contributed by atoms with Crippen molar-refractivity contribution in [1.29, 1.82) is 0 Å². The van der Waals surface area contributed by atoms with Gasteiger partial charge in [0.25, 0.3) is 0 Å². The number of carboxylic acid groups (broad SMARTS) is 1. The topological polar surface area (TPSA) is 66.8 Å². The van der Waals surface area contributed by atoms with E-state index < -0.39 is 23.8 Å². The Bertz CT molecular complexity index is 415. The number of benzene rings is 1. The molecule has 0 unspecified atom stereocenters. The van der Waals surface area contributed by atoms with Gasteiger partial charge in [-0.25, -0.2) is 0 Å². The van der Waals surface area contributed by atoms with Gasteiger partial charge in [0, 0.05) is 6.42 Å². The fraction of sp³-hybridized carbons (Fsp3) is 0.300. The van der Waals surface area contributed by atoms with Crippen molar-refractivity contribution < 1.29 is 32.9 Å². The molecule has 0 aliphatic heterocycles. The van der Waals surface area contributed by atoms with Gasteiger partial charge < -0.3 is 14.9 Å². The smallest absolute Gasteiger partial charge is 0.504 e. The number of hydrogen-bond donors (Lipinski definition) is 2. The van der Waals surface area contributed by atoms with Crippen molar-refractivity contribution in [2.24, 2.45) is 0 Å². The van der Waals surface area contributed by atoms with Gasteiger partial charge in [-0.05, 0) is 24.1 Å². The van der Waals surface area contributed by atoms with Crippen LogP contribution in [-0.2, 0) is 11.2 Å². The number of alkyl halides is 3. The van der Waals surface area contributed by atoms with Gasteiger partial charge in [0.2, 0.25) is 0 Å². The van der Waals surface area contributed by atoms with Gasteiger partial charge in [0.15, 0.2) is 11.5 Å². The summed E-state index contributed by atoms with van der Waals surface area (Å²) in [6, 6.07) is 3.32. The number of carbonyl (C=O) groups is 1. The molecule has 1 aromatic rings. The molecule has 0 saturated heterocycles. The average molecular weight is 250 g/mol. The van der Waals surface area contributed by atoms with E-state index in [1.807, 2.05) is 0 Å². The van der Waals surface area contributed by atoms with Gasteiger partial charge in [0.1, 0.15) is 0 Å². The number of phenolic OH excluding ortho intramolecular Hbond substituents is 1. The van der Waals surface area contributed by atoms with Crippen LogP contribution in [0.1, 0.15) is 12.0 Å². The highest BCUT2D eigenvalue weighted by molar-refractivity contribution is 5.67. The van der Waals surface area contributed by atoms with Crippen molar-refractivity contribution in [2.45, 2.75) is 19.2 Å². The maximum Gasteiger partial charge on any atom is 0.573 e. The first-order chi connectivity index (χ1) is 7.78. The van der Waals surface area contributed by atoms with E-state index in [0.717, 1.165) is 12.1 Å². The SMILES string of the molecule is O=C(O)CCc1ccc(O)c(OC(F)(F)F)c1. The van der Waals surface area contributed by atoms with E-state index in [9.17, 15) is 18.0 Å². The lowest BCUT2D eigenvalue weighted by atomic mass is 10.1. The highest BCUT2D eigenvalue weighted by atomic mass is 19.4. The molecule has 0 spiro atoms. The molecule has 0 saturated carbocycles. The van der Waals surface area contributed by atoms with Gasteiger partial charge in [-0.1, -0.05) is 6.07 Å². The molecular weight excluding hydrogens is 241 g/mol. The Balaban J connectivity index is 2.83. The minimum Gasteiger partial charge on any atom is -0.504 e. The molecule has 1 rings (SSSR count). The molecule has 17 heavy (non-hydrogen) atoms. The van der Waals surface area contributed by atoms with E-state index in [1.165, 1.54) is 6.07 Å². The summed E-state index contributed by atoms with van der Waals surface area (Å²) < 4.78 is 39.4. The first-order valence-corrected chi connectivity index (χ1v) is 4.57. The first-order valence-electron chi connectivity index (χ1n) is 4.57. The molecule has 2 N–H and O–H groups in total. The highest BCUT2D eigenvalue weighted by Gasteiger charge is 2.32. The lowest BCUT2D eigenvalue weighted by molar-refractivity contribution is -0.275. The number of phenols is 1. The molecule has 7 heteroatoms. The summed E-state index contributed by atoms with van der Waals surface area (Å²) in [7, 11) is 0. The molecule has 0 aliphatic carbocycles. The normalized spacial score (nSPS) is 11.2. The van der Waals surface area contributed by atoms with E-state index in [0.29, 0.717) is 5.56 Å². The van der Waals surface area contributed by atoms with E-state index in [1.54, 1.807) is 0 Å². The number of aromatic hydroxyl groups is 1. The van der Waals surface area contributed by atoms with Crippen LogP contribution in [0.4, 0.5) is 13.2 Å². The standard InChI is InChI=1S/C10H9F3O4/c11-10(12,13)17-8-5-6(1-3-7(8)14)2-4-9(15)16/h1,3,5,14H,2,4H2,(H,15,16). The lowest BCUT2D eigenvalue weighted by Gasteiger charge is -2.11. The van der Waals surface area contributed by atoms with Crippen LogP contribution in [-0.4, -0.2) is 22.5 Å². The zero-order valence-corrected chi connectivity index (χ0v) is 8.49. The van der Waals surface area contributed by atoms with Crippen molar-refractivity contribution in [1.82, 2.24) is 0 Å². The average Bonchev–Trinajstić information content (AvgIpc) is 2.17. The molecule has 0 aliphatic rings. The Morgan fingerprint density at radius 1 is 1.35 bits per heavy atom. The van der Waals surface area contributed by atoms with E-state index >= 15 is 0 Å². The highest BCUT2D eigenvalue weighted by Crippen LogP contribution is 2.32. The number of rotatable bonds is 4. The first kappa shape index (κ1) is 13.1. The zero-order valence-electron chi connectivity index (χ0n) is 8.49. The Kier molecular flexibility index (Phi) is 3.82. The van der Waals surface area contributed by atoms with Gasteiger partial charge >= 0.3 is 12.3 Å². The second-order valence-electron chi connectivity index (χ2n) is 3.24. The number of aliphatic carboxylic acids is 1. The third-order valence-corrected chi connectivity index (χ3v) is 1.88. The zero-order chi connectivity index (χ0) is 13.1. The van der Waals surface area contributed by atoms with Crippen LogP contribution in [0.15, 0.2) is 18.2 Å². The molecule has 0 amide bonds. The van der Waals surface area contributed by atoms with Crippen molar-refractivity contribution in [3.8, 4) is 11.5 Å². The predicted octanol–water partition coefficient (Wildman–Crippen LogP) is 2.31. The van der Waals surface area contributed by atoms with Gasteiger partial charge in [0.05, 0.1) is 0 Å². The summed E-state index contributed by atoms with van der Waals surface area (Å²) >= 11 is 0. The summed E-state index contributed by atoms with van der Waals surface area (Å²) in [5.74, 6) is -2.45. The van der Waals surface area contributed by atoms with Crippen molar-refractivity contribution in [3.05, 3.63) is 23.8 Å². The minimum atomic E-state index is -4.90. The molecule has 0 fully saturated rings. The number of carboxylic acids is 1. The Hall–Kier alpha value is -1.92. The maximum absolute atomic E-state index is 11.9. The molecule has 0 heterocycles. The summed E-state index contributed by atoms with van der Waals surface area (Å²) in [5.41, 5.74) is 0.337. The molecule has 4 nitrogen and oxygen atoms in total. The summed E-state index contributed by atoms with van der Waals surface area (Å²) in [6.07, 6.45) is -5.05. The summed E-state index contributed by atoms with van der Waals surface area (Å²) in [5, 5.41) is 17.6. The molecule has 0 radical (unpaired) electrons. The van der Waals surface area contributed by atoms with Crippen LogP contribution in [0.2, 0.25) is 0 Å². The van der Waals surface area contributed by atoms with Crippen LogP contribution in [0.3, 0.4) is 0 Å². The summed E-state index contributed by atoms with van der Waals surface area (Å²) in [4.78, 5) is 10.3. The number of halogens is 3. The van der Waals surface area contributed by atoms with Crippen molar-refractivity contribution >= 4 is 5.97 Å². The van der Waals surface area contributed by atoms with Gasteiger partial charge in [-0.15, -0.1) is 13.2 Å². The third-order valence-electron chi connectivity index (χ3n) is 1.88. The van der Waals surface area contributed by atoms with Crippen molar-refractivity contribution in [2.75, 3.05) is 0 Å². The van der Waals surface area contributed by atoms with Crippen LogP contribution in [0.5, 0.6) is 11.5 Å². The second-order valence-corrected chi connectivity index (χ2v) is 3.24. The van der Waals surface area contributed by atoms with Gasteiger partial charge in [-0.2, -0.15) is 0 Å². The summed E-state index contributed by atoms with van der Waals surface area (Å²) in [6.45, 7) is 0. The third kappa shape index (κ3) is 4.62. The van der Waals surface area contributed by atoms with Crippen LogP contribution < -0.4 is 4.74 Å². The van der Waals surface area contributed by atoms with Crippen LogP contribution in [0.25, 0.3) is 0 Å².